The summed E-state index contributed by atoms with van der Waals surface area (Å²) in [6.45, 7) is 0. The molecular weight excluding hydrogens is 397 g/mol. The van der Waals surface area contributed by atoms with E-state index in [-0.39, 0.29) is 35.7 Å². The first kappa shape index (κ1) is 20.3. The van der Waals surface area contributed by atoms with Gasteiger partial charge in [-0.05, 0) is 24.3 Å². The number of anilines is 1. The molecule has 2 aromatic carbocycles. The maximum atomic E-state index is 13.8. The van der Waals surface area contributed by atoms with Crippen molar-refractivity contribution < 1.29 is 31.2 Å². The summed E-state index contributed by atoms with van der Waals surface area (Å²) < 4.78 is 70.8. The van der Waals surface area contributed by atoms with Crippen molar-refractivity contribution in [1.82, 2.24) is 10.4 Å². The van der Waals surface area contributed by atoms with E-state index in [9.17, 15) is 26.7 Å². The van der Waals surface area contributed by atoms with Crippen LogP contribution in [0.5, 0.6) is 0 Å². The van der Waals surface area contributed by atoms with Crippen LogP contribution in [-0.2, 0) is 17.4 Å². The number of benzene rings is 2. The van der Waals surface area contributed by atoms with E-state index < -0.39 is 29.3 Å². The highest BCUT2D eigenvalue weighted by molar-refractivity contribution is 5.77. The Morgan fingerprint density at radius 2 is 1.86 bits per heavy atom. The van der Waals surface area contributed by atoms with Gasteiger partial charge in [0, 0.05) is 18.9 Å². The molecule has 2 N–H and O–H groups in total. The van der Waals surface area contributed by atoms with Crippen LogP contribution in [0.3, 0.4) is 0 Å². The molecule has 1 aromatic heterocycles. The van der Waals surface area contributed by atoms with Gasteiger partial charge in [-0.3, -0.25) is 15.6 Å². The summed E-state index contributed by atoms with van der Waals surface area (Å²) in [5.74, 6) is -1.97. The van der Waals surface area contributed by atoms with Crippen LogP contribution in [-0.4, -0.2) is 10.9 Å². The molecule has 0 unspecified atom stereocenters. The van der Waals surface area contributed by atoms with Gasteiger partial charge in [0.15, 0.2) is 11.7 Å². The minimum atomic E-state index is -4.57. The third kappa shape index (κ3) is 5.09. The quantitative estimate of drug-likeness (QED) is 0.455. The second-order valence-corrected chi connectivity index (χ2v) is 5.96. The van der Waals surface area contributed by atoms with Gasteiger partial charge in [0.2, 0.25) is 5.91 Å². The molecular formula is C19H14F5N3O2. The minimum absolute atomic E-state index is 0.0139. The number of hydrazine groups is 1. The first-order valence-corrected chi connectivity index (χ1v) is 8.35. The van der Waals surface area contributed by atoms with Gasteiger partial charge in [-0.15, -0.1) is 0 Å². The normalized spacial score (nSPS) is 11.3. The minimum Gasteiger partial charge on any atom is -0.441 e. The second kappa shape index (κ2) is 8.29. The zero-order valence-electron chi connectivity index (χ0n) is 14.7. The smallest absolute Gasteiger partial charge is 0.418 e. The Balaban J connectivity index is 1.56. The van der Waals surface area contributed by atoms with Crippen molar-refractivity contribution in [2.75, 3.05) is 5.43 Å². The van der Waals surface area contributed by atoms with E-state index in [0.29, 0.717) is 6.07 Å². The zero-order chi connectivity index (χ0) is 21.0. The molecule has 0 aliphatic heterocycles. The Morgan fingerprint density at radius 3 is 2.59 bits per heavy atom. The number of rotatable bonds is 6. The largest absolute Gasteiger partial charge is 0.441 e. The lowest BCUT2D eigenvalue weighted by atomic mass is 10.2. The molecule has 152 valence electrons. The lowest BCUT2D eigenvalue weighted by molar-refractivity contribution is -0.137. The van der Waals surface area contributed by atoms with Crippen molar-refractivity contribution in [2.24, 2.45) is 0 Å². The Morgan fingerprint density at radius 1 is 1.10 bits per heavy atom. The molecule has 0 radical (unpaired) electrons. The molecule has 0 saturated carbocycles. The topological polar surface area (TPSA) is 67.2 Å². The summed E-state index contributed by atoms with van der Waals surface area (Å²) in [5, 5.41) is 0. The van der Waals surface area contributed by atoms with Crippen LogP contribution >= 0.6 is 0 Å². The number of amides is 1. The van der Waals surface area contributed by atoms with Crippen molar-refractivity contribution in [3.63, 3.8) is 0 Å². The summed E-state index contributed by atoms with van der Waals surface area (Å²) >= 11 is 0. The molecule has 10 heteroatoms. The van der Waals surface area contributed by atoms with Crippen molar-refractivity contribution in [3.05, 3.63) is 71.8 Å². The third-order valence-electron chi connectivity index (χ3n) is 3.89. The SMILES string of the molecule is O=C(CCc1ncc(-c2ccc(F)cc2F)o1)NNc1ccccc1C(F)(F)F. The summed E-state index contributed by atoms with van der Waals surface area (Å²) in [4.78, 5) is 15.8. The molecule has 1 amide bonds. The van der Waals surface area contributed by atoms with Gasteiger partial charge in [-0.2, -0.15) is 13.2 Å². The maximum Gasteiger partial charge on any atom is 0.418 e. The Kier molecular flexibility index (Phi) is 5.81. The lowest BCUT2D eigenvalue weighted by Crippen LogP contribution is -2.30. The molecule has 0 aliphatic carbocycles. The molecule has 5 nitrogen and oxygen atoms in total. The van der Waals surface area contributed by atoms with E-state index >= 15 is 0 Å². The fourth-order valence-electron chi connectivity index (χ4n) is 2.50. The predicted molar refractivity (Wildman–Crippen MR) is 93.4 cm³/mol. The first-order valence-electron chi connectivity index (χ1n) is 8.35. The third-order valence-corrected chi connectivity index (χ3v) is 3.89. The number of aryl methyl sites for hydroxylation is 1. The van der Waals surface area contributed by atoms with E-state index in [2.05, 4.69) is 15.8 Å². The summed E-state index contributed by atoms with van der Waals surface area (Å²) in [6.07, 6.45) is -3.45. The molecule has 0 aliphatic rings. The Labute approximate surface area is 161 Å². The fourth-order valence-corrected chi connectivity index (χ4v) is 2.50. The molecule has 0 bridgehead atoms. The number of oxazole rings is 1. The van der Waals surface area contributed by atoms with E-state index in [1.54, 1.807) is 0 Å². The van der Waals surface area contributed by atoms with Crippen LogP contribution in [0.2, 0.25) is 0 Å². The molecule has 0 saturated heterocycles. The van der Waals surface area contributed by atoms with Crippen LogP contribution in [0.1, 0.15) is 17.9 Å². The van der Waals surface area contributed by atoms with Gasteiger partial charge in [-0.1, -0.05) is 12.1 Å². The van der Waals surface area contributed by atoms with Crippen molar-refractivity contribution in [2.45, 2.75) is 19.0 Å². The number of hydrogen-bond donors (Lipinski definition) is 2. The van der Waals surface area contributed by atoms with E-state index in [4.69, 9.17) is 4.42 Å². The molecule has 0 fully saturated rings. The van der Waals surface area contributed by atoms with E-state index in [1.165, 1.54) is 30.5 Å². The van der Waals surface area contributed by atoms with Gasteiger partial charge in [0.1, 0.15) is 11.6 Å². The number of nitrogens with zero attached hydrogens (tertiary/aromatic N) is 1. The maximum absolute atomic E-state index is 13.8. The highest BCUT2D eigenvalue weighted by Crippen LogP contribution is 2.34. The van der Waals surface area contributed by atoms with Gasteiger partial charge >= 0.3 is 6.18 Å². The van der Waals surface area contributed by atoms with Gasteiger partial charge in [-0.25, -0.2) is 13.8 Å². The number of hydrogen-bond acceptors (Lipinski definition) is 4. The van der Waals surface area contributed by atoms with Gasteiger partial charge in [0.05, 0.1) is 23.0 Å². The predicted octanol–water partition coefficient (Wildman–Crippen LogP) is 4.71. The number of carbonyl (C=O) groups is 1. The molecule has 0 spiro atoms. The van der Waals surface area contributed by atoms with Crippen LogP contribution < -0.4 is 10.9 Å². The van der Waals surface area contributed by atoms with Crippen LogP contribution in [0.25, 0.3) is 11.3 Å². The molecule has 1 heterocycles. The van der Waals surface area contributed by atoms with Crippen molar-refractivity contribution >= 4 is 11.6 Å². The number of halogens is 5. The zero-order valence-corrected chi connectivity index (χ0v) is 14.7. The summed E-state index contributed by atoms with van der Waals surface area (Å²) in [5.41, 5.74) is 3.22. The van der Waals surface area contributed by atoms with Crippen molar-refractivity contribution in [1.29, 1.82) is 0 Å². The van der Waals surface area contributed by atoms with E-state index in [1.807, 2.05) is 0 Å². The summed E-state index contributed by atoms with van der Waals surface area (Å²) in [7, 11) is 0. The van der Waals surface area contributed by atoms with Crippen LogP contribution in [0, 0.1) is 11.6 Å². The summed E-state index contributed by atoms with van der Waals surface area (Å²) in [6, 6.07) is 7.67. The van der Waals surface area contributed by atoms with Crippen LogP contribution in [0.4, 0.5) is 27.6 Å². The second-order valence-electron chi connectivity index (χ2n) is 5.96. The number of carbonyl (C=O) groups excluding carboxylic acids is 1. The molecule has 0 atom stereocenters. The van der Waals surface area contributed by atoms with Gasteiger partial charge in [0.25, 0.3) is 0 Å². The fraction of sp³-hybridized carbons (Fsp3) is 0.158. The standard InChI is InChI=1S/C19H14F5N3O2/c20-11-5-6-12(14(21)9-11)16-10-25-18(29-16)8-7-17(28)27-26-15-4-2-1-3-13(15)19(22,23)24/h1-6,9-10,26H,7-8H2,(H,27,28). The van der Waals surface area contributed by atoms with Crippen LogP contribution in [0.15, 0.2) is 53.1 Å². The molecule has 3 aromatic rings. The monoisotopic (exact) mass is 411 g/mol. The molecule has 3 rings (SSSR count). The highest BCUT2D eigenvalue weighted by atomic mass is 19.4. The lowest BCUT2D eigenvalue weighted by Gasteiger charge is -2.14. The number of nitrogens with one attached hydrogen (secondary N) is 2. The van der Waals surface area contributed by atoms with Gasteiger partial charge < -0.3 is 4.42 Å². The Hall–Kier alpha value is -3.43. The highest BCUT2D eigenvalue weighted by Gasteiger charge is 2.33. The van der Waals surface area contributed by atoms with E-state index in [0.717, 1.165) is 12.1 Å². The number of para-hydroxylation sites is 1. The van der Waals surface area contributed by atoms with Crippen molar-refractivity contribution in [3.8, 4) is 11.3 Å². The Bertz CT molecular complexity index is 1020. The number of alkyl halides is 3. The number of aromatic nitrogens is 1. The average Bonchev–Trinajstić information content (AvgIpc) is 3.13. The molecule has 29 heavy (non-hydrogen) atoms. The average molecular weight is 411 g/mol. The first-order chi connectivity index (χ1) is 13.7.